The van der Waals surface area contributed by atoms with Crippen LogP contribution in [0.15, 0.2) is 24.9 Å². The monoisotopic (exact) mass is 199 g/mol. The molecule has 0 spiro atoms. The number of hydrogen-bond acceptors (Lipinski definition) is 2. The van der Waals surface area contributed by atoms with Gasteiger partial charge in [-0.1, -0.05) is 6.58 Å². The number of nitrogens with zero attached hydrogens (tertiary/aromatic N) is 1. The zero-order chi connectivity index (χ0) is 11.0. The highest BCUT2D eigenvalue weighted by Crippen LogP contribution is 1.95. The number of carbonyl (C=O) groups is 1. The number of quaternary nitrogens is 1. The first-order chi connectivity index (χ1) is 6.52. The Hall–Kier alpha value is -1.13. The van der Waals surface area contributed by atoms with Gasteiger partial charge in [-0.2, -0.15) is 0 Å². The molecule has 0 unspecified atom stereocenters. The van der Waals surface area contributed by atoms with Crippen molar-refractivity contribution in [3.05, 3.63) is 24.9 Å². The van der Waals surface area contributed by atoms with Crippen LogP contribution in [-0.4, -0.2) is 49.3 Å². The standard InChI is InChI=1S/C10H18N2O2/c1-4-10(14)11-6-5-7-12(2,3)8-9-13/h4-6,13H,1,7-9H2,2-3H3/p+1. The molecule has 2 N–H and O–H groups in total. The second-order valence-electron chi connectivity index (χ2n) is 3.68. The average molecular weight is 199 g/mol. The van der Waals surface area contributed by atoms with Crippen LogP contribution in [0, 0.1) is 0 Å². The van der Waals surface area contributed by atoms with Gasteiger partial charge < -0.3 is 14.9 Å². The van der Waals surface area contributed by atoms with Crippen molar-refractivity contribution in [1.82, 2.24) is 5.32 Å². The molecule has 0 aliphatic rings. The van der Waals surface area contributed by atoms with Crippen molar-refractivity contribution < 1.29 is 14.4 Å². The molecule has 0 saturated carbocycles. The highest BCUT2D eigenvalue weighted by molar-refractivity contribution is 5.87. The van der Waals surface area contributed by atoms with Gasteiger partial charge in [0, 0.05) is 6.20 Å². The predicted octanol–water partition coefficient (Wildman–Crippen LogP) is -0.129. The second-order valence-corrected chi connectivity index (χ2v) is 3.68. The van der Waals surface area contributed by atoms with Crippen LogP contribution in [0.3, 0.4) is 0 Å². The maximum Gasteiger partial charge on any atom is 0.247 e. The van der Waals surface area contributed by atoms with Gasteiger partial charge in [0.2, 0.25) is 5.91 Å². The number of aliphatic hydroxyl groups excluding tert-OH is 1. The molecular weight excluding hydrogens is 180 g/mol. The molecule has 0 fully saturated rings. The lowest BCUT2D eigenvalue weighted by Gasteiger charge is -2.27. The maximum absolute atomic E-state index is 10.7. The molecule has 0 aromatic rings. The smallest absolute Gasteiger partial charge is 0.247 e. The van der Waals surface area contributed by atoms with Crippen molar-refractivity contribution in [3.63, 3.8) is 0 Å². The van der Waals surface area contributed by atoms with Crippen molar-refractivity contribution in [2.75, 3.05) is 33.8 Å². The number of hydrogen-bond donors (Lipinski definition) is 2. The van der Waals surface area contributed by atoms with Crippen molar-refractivity contribution in [2.24, 2.45) is 0 Å². The summed E-state index contributed by atoms with van der Waals surface area (Å²) in [7, 11) is 4.02. The number of rotatable bonds is 6. The molecule has 0 aliphatic heterocycles. The molecule has 0 aliphatic carbocycles. The van der Waals surface area contributed by atoms with Crippen LogP contribution in [-0.2, 0) is 4.79 Å². The molecule has 0 atom stereocenters. The lowest BCUT2D eigenvalue weighted by molar-refractivity contribution is -0.884. The number of amides is 1. The SMILES string of the molecule is C=CC(=O)NC=CC[N+](C)(C)CCO. The Morgan fingerprint density at radius 1 is 1.57 bits per heavy atom. The Labute approximate surface area is 85.1 Å². The topological polar surface area (TPSA) is 49.3 Å². The summed E-state index contributed by atoms with van der Waals surface area (Å²) in [5, 5.41) is 11.3. The zero-order valence-electron chi connectivity index (χ0n) is 8.86. The van der Waals surface area contributed by atoms with Crippen LogP contribution in [0.5, 0.6) is 0 Å². The molecule has 14 heavy (non-hydrogen) atoms. The van der Waals surface area contributed by atoms with Gasteiger partial charge in [-0.15, -0.1) is 0 Å². The highest BCUT2D eigenvalue weighted by Gasteiger charge is 2.10. The maximum atomic E-state index is 10.7. The molecular formula is C10H19N2O2+. The van der Waals surface area contributed by atoms with Gasteiger partial charge in [0.25, 0.3) is 0 Å². The van der Waals surface area contributed by atoms with E-state index in [1.807, 2.05) is 20.2 Å². The van der Waals surface area contributed by atoms with Crippen molar-refractivity contribution in [1.29, 1.82) is 0 Å². The number of aliphatic hydroxyl groups is 1. The molecule has 0 aromatic heterocycles. The number of carbonyl (C=O) groups excluding carboxylic acids is 1. The molecule has 1 amide bonds. The van der Waals surface area contributed by atoms with Gasteiger partial charge >= 0.3 is 0 Å². The lowest BCUT2D eigenvalue weighted by Crippen LogP contribution is -2.42. The van der Waals surface area contributed by atoms with Gasteiger partial charge in [-0.25, -0.2) is 0 Å². The molecule has 0 saturated heterocycles. The minimum absolute atomic E-state index is 0.167. The summed E-state index contributed by atoms with van der Waals surface area (Å²) in [6.07, 6.45) is 4.68. The van der Waals surface area contributed by atoms with Gasteiger partial charge in [-0.3, -0.25) is 4.79 Å². The third kappa shape index (κ3) is 6.39. The molecule has 0 radical (unpaired) electrons. The third-order valence-corrected chi connectivity index (χ3v) is 1.83. The minimum Gasteiger partial charge on any atom is -0.391 e. The minimum atomic E-state index is -0.214. The Kier molecular flexibility index (Phi) is 5.83. The molecule has 4 heteroatoms. The Bertz CT molecular complexity index is 222. The van der Waals surface area contributed by atoms with Gasteiger partial charge in [-0.05, 0) is 12.2 Å². The Morgan fingerprint density at radius 2 is 2.21 bits per heavy atom. The second kappa shape index (κ2) is 6.34. The van der Waals surface area contributed by atoms with Crippen molar-refractivity contribution in [2.45, 2.75) is 0 Å². The van der Waals surface area contributed by atoms with E-state index in [9.17, 15) is 4.79 Å². The van der Waals surface area contributed by atoms with E-state index in [1.165, 1.54) is 6.08 Å². The summed E-state index contributed by atoms with van der Waals surface area (Å²) in [4.78, 5) is 10.7. The van der Waals surface area contributed by atoms with Crippen LogP contribution in [0.2, 0.25) is 0 Å². The summed E-state index contributed by atoms with van der Waals surface area (Å²) in [5.41, 5.74) is 0. The Morgan fingerprint density at radius 3 is 2.71 bits per heavy atom. The third-order valence-electron chi connectivity index (χ3n) is 1.83. The van der Waals surface area contributed by atoms with E-state index in [2.05, 4.69) is 11.9 Å². The molecule has 0 aromatic carbocycles. The van der Waals surface area contributed by atoms with E-state index in [-0.39, 0.29) is 12.5 Å². The number of nitrogens with one attached hydrogen (secondary N) is 1. The van der Waals surface area contributed by atoms with Gasteiger partial charge in [0.1, 0.15) is 6.54 Å². The van der Waals surface area contributed by atoms with Crippen LogP contribution < -0.4 is 5.32 Å². The lowest BCUT2D eigenvalue weighted by atomic mass is 10.4. The molecule has 4 nitrogen and oxygen atoms in total. The zero-order valence-corrected chi connectivity index (χ0v) is 8.86. The fourth-order valence-electron chi connectivity index (χ4n) is 0.900. The molecule has 0 rings (SSSR count). The van der Waals surface area contributed by atoms with Crippen LogP contribution in [0.1, 0.15) is 0 Å². The first-order valence-electron chi connectivity index (χ1n) is 4.52. The van der Waals surface area contributed by atoms with Crippen LogP contribution in [0.4, 0.5) is 0 Å². The van der Waals surface area contributed by atoms with E-state index in [1.54, 1.807) is 6.20 Å². The first-order valence-corrected chi connectivity index (χ1v) is 4.52. The number of likely N-dealkylation sites (N-methyl/N-ethyl adjacent to an activating group) is 1. The van der Waals surface area contributed by atoms with E-state index in [4.69, 9.17) is 5.11 Å². The fraction of sp³-hybridized carbons (Fsp3) is 0.500. The molecule has 0 bridgehead atoms. The van der Waals surface area contributed by atoms with Crippen molar-refractivity contribution in [3.8, 4) is 0 Å². The fourth-order valence-corrected chi connectivity index (χ4v) is 0.900. The van der Waals surface area contributed by atoms with Gasteiger partial charge in [0.15, 0.2) is 0 Å². The molecule has 0 heterocycles. The average Bonchev–Trinajstić information content (AvgIpc) is 2.12. The largest absolute Gasteiger partial charge is 0.391 e. The first kappa shape index (κ1) is 12.9. The van der Waals surface area contributed by atoms with E-state index in [0.717, 1.165) is 6.54 Å². The summed E-state index contributed by atoms with van der Waals surface area (Å²) < 4.78 is 0.691. The summed E-state index contributed by atoms with van der Waals surface area (Å²) >= 11 is 0. The Balaban J connectivity index is 3.80. The summed E-state index contributed by atoms with van der Waals surface area (Å²) in [6.45, 7) is 4.96. The summed E-state index contributed by atoms with van der Waals surface area (Å²) in [6, 6.07) is 0. The quantitative estimate of drug-likeness (QED) is 0.462. The van der Waals surface area contributed by atoms with Gasteiger partial charge in [0.05, 0.1) is 27.2 Å². The van der Waals surface area contributed by atoms with E-state index in [0.29, 0.717) is 11.0 Å². The molecule has 80 valence electrons. The summed E-state index contributed by atoms with van der Waals surface area (Å²) in [5.74, 6) is -0.214. The van der Waals surface area contributed by atoms with Crippen molar-refractivity contribution >= 4 is 5.91 Å². The van der Waals surface area contributed by atoms with E-state index >= 15 is 0 Å². The van der Waals surface area contributed by atoms with Crippen LogP contribution in [0.25, 0.3) is 0 Å². The van der Waals surface area contributed by atoms with E-state index < -0.39 is 0 Å². The highest BCUT2D eigenvalue weighted by atomic mass is 16.3. The predicted molar refractivity (Wildman–Crippen MR) is 56.4 cm³/mol. The normalized spacial score (nSPS) is 11.6. The van der Waals surface area contributed by atoms with Crippen LogP contribution >= 0.6 is 0 Å².